The zero-order chi connectivity index (χ0) is 28.8. The number of nitrogens with one attached hydrogen (secondary N) is 1. The molecule has 8 heteroatoms. The van der Waals surface area contributed by atoms with Crippen molar-refractivity contribution in [2.45, 2.75) is 78.4 Å². The minimum Gasteiger partial charge on any atom is -0.493 e. The zero-order valence-corrected chi connectivity index (χ0v) is 25.1. The molecule has 0 aliphatic carbocycles. The van der Waals surface area contributed by atoms with Crippen molar-refractivity contribution in [3.8, 4) is 11.5 Å². The first-order chi connectivity index (χ1) is 18.7. The summed E-state index contributed by atoms with van der Waals surface area (Å²) in [5, 5.41) is 14.2. The number of amides is 1. The van der Waals surface area contributed by atoms with E-state index in [0.29, 0.717) is 50.2 Å². The number of hydrogen-bond acceptors (Lipinski definition) is 7. The first-order valence-electron chi connectivity index (χ1n) is 14.7. The van der Waals surface area contributed by atoms with Gasteiger partial charge in [0.15, 0.2) is 11.5 Å². The number of aliphatic hydroxyl groups is 1. The second-order valence-corrected chi connectivity index (χ2v) is 11.7. The number of methoxy groups -OCH3 is 2. The number of benzene rings is 1. The van der Waals surface area contributed by atoms with Crippen LogP contribution < -0.4 is 20.5 Å². The molecule has 1 fully saturated rings. The van der Waals surface area contributed by atoms with E-state index < -0.39 is 12.1 Å². The lowest BCUT2D eigenvalue weighted by Crippen LogP contribution is -2.43. The van der Waals surface area contributed by atoms with Crippen molar-refractivity contribution in [1.29, 1.82) is 0 Å². The molecule has 1 saturated heterocycles. The van der Waals surface area contributed by atoms with Crippen molar-refractivity contribution in [1.82, 2.24) is 5.32 Å². The van der Waals surface area contributed by atoms with E-state index in [1.807, 2.05) is 26.0 Å². The molecule has 1 aromatic carbocycles. The highest BCUT2D eigenvalue weighted by molar-refractivity contribution is 5.78. The van der Waals surface area contributed by atoms with E-state index >= 15 is 0 Å². The Balaban J connectivity index is 1.97. The van der Waals surface area contributed by atoms with E-state index in [9.17, 15) is 9.90 Å². The van der Waals surface area contributed by atoms with Crippen LogP contribution in [-0.2, 0) is 20.7 Å². The molecular weight excluding hydrogens is 496 g/mol. The minimum atomic E-state index is -0.747. The number of aliphatic hydroxyl groups excluding tert-OH is 1. The van der Waals surface area contributed by atoms with Gasteiger partial charge in [-0.3, -0.25) is 4.79 Å². The predicted octanol–water partition coefficient (Wildman–Crippen LogP) is 4.21. The Morgan fingerprint density at radius 3 is 2.41 bits per heavy atom. The third kappa shape index (κ3) is 11.6. The first kappa shape index (κ1) is 33.3. The van der Waals surface area contributed by atoms with Crippen molar-refractivity contribution >= 4 is 5.91 Å². The lowest BCUT2D eigenvalue weighted by Gasteiger charge is -2.30. The average molecular weight is 551 g/mol. The van der Waals surface area contributed by atoms with Gasteiger partial charge in [0.1, 0.15) is 0 Å². The largest absolute Gasteiger partial charge is 0.493 e. The smallest absolute Gasteiger partial charge is 0.223 e. The third-order valence-corrected chi connectivity index (χ3v) is 8.03. The molecule has 1 aliphatic rings. The highest BCUT2D eigenvalue weighted by Crippen LogP contribution is 2.32. The Bertz CT molecular complexity index is 827. The molecular formula is C31H54N2O6. The van der Waals surface area contributed by atoms with Gasteiger partial charge in [-0.25, -0.2) is 0 Å². The summed E-state index contributed by atoms with van der Waals surface area (Å²) in [4.78, 5) is 13.0. The maximum Gasteiger partial charge on any atom is 0.223 e. The molecule has 1 aliphatic heterocycles. The topological polar surface area (TPSA) is 112 Å². The molecule has 0 aromatic heterocycles. The molecule has 8 nitrogen and oxygen atoms in total. The highest BCUT2D eigenvalue weighted by atomic mass is 16.5. The summed E-state index contributed by atoms with van der Waals surface area (Å²) in [5.74, 6) is 2.39. The molecule has 1 heterocycles. The lowest BCUT2D eigenvalue weighted by molar-refractivity contribution is -0.128. The van der Waals surface area contributed by atoms with Gasteiger partial charge in [0.2, 0.25) is 5.91 Å². The molecule has 0 radical (unpaired) electrons. The second-order valence-electron chi connectivity index (χ2n) is 11.7. The molecule has 2 rings (SSSR count). The van der Waals surface area contributed by atoms with Crippen LogP contribution in [-0.4, -0.2) is 70.4 Å². The van der Waals surface area contributed by atoms with Crippen LogP contribution in [0, 0.1) is 29.6 Å². The Kier molecular flexibility index (Phi) is 15.2. The van der Waals surface area contributed by atoms with Crippen molar-refractivity contribution in [3.05, 3.63) is 23.8 Å². The van der Waals surface area contributed by atoms with Crippen LogP contribution in [0.2, 0.25) is 0 Å². The number of nitrogens with two attached hydrogens (primary N) is 1. The minimum absolute atomic E-state index is 0.0133. The summed E-state index contributed by atoms with van der Waals surface area (Å²) in [5.41, 5.74) is 7.71. The van der Waals surface area contributed by atoms with Crippen LogP contribution in [0.3, 0.4) is 0 Å². The van der Waals surface area contributed by atoms with Gasteiger partial charge >= 0.3 is 0 Å². The number of rotatable bonds is 18. The van der Waals surface area contributed by atoms with Gasteiger partial charge in [0.25, 0.3) is 0 Å². The molecule has 1 aromatic rings. The van der Waals surface area contributed by atoms with Crippen molar-refractivity contribution in [2.75, 3.05) is 47.2 Å². The fourth-order valence-electron chi connectivity index (χ4n) is 5.19. The van der Waals surface area contributed by atoms with Gasteiger partial charge in [-0.2, -0.15) is 0 Å². The van der Waals surface area contributed by atoms with E-state index in [1.165, 1.54) is 0 Å². The van der Waals surface area contributed by atoms with Gasteiger partial charge in [0, 0.05) is 51.9 Å². The number of carbonyl (C=O) groups is 1. The summed E-state index contributed by atoms with van der Waals surface area (Å²) in [7, 11) is 3.32. The number of carbonyl (C=O) groups excluding carboxylic acids is 1. The molecule has 4 N–H and O–H groups in total. The fourth-order valence-corrected chi connectivity index (χ4v) is 5.19. The monoisotopic (exact) mass is 550 g/mol. The van der Waals surface area contributed by atoms with Gasteiger partial charge in [-0.1, -0.05) is 33.8 Å². The quantitative estimate of drug-likeness (QED) is 0.235. The molecule has 39 heavy (non-hydrogen) atoms. The van der Waals surface area contributed by atoms with Gasteiger partial charge in [-0.05, 0) is 73.5 Å². The van der Waals surface area contributed by atoms with E-state index in [0.717, 1.165) is 50.2 Å². The second kappa shape index (κ2) is 17.7. The fraction of sp³-hybridized carbons (Fsp3) is 0.774. The summed E-state index contributed by atoms with van der Waals surface area (Å²) >= 11 is 0. The summed E-state index contributed by atoms with van der Waals surface area (Å²) in [6, 6.07) is 5.64. The maximum atomic E-state index is 13.0. The van der Waals surface area contributed by atoms with Crippen molar-refractivity contribution in [3.63, 3.8) is 0 Å². The summed E-state index contributed by atoms with van der Waals surface area (Å²) in [6.45, 7) is 11.8. The standard InChI is InChI=1S/C31H54N2O6/c1-21(2)25(16-24-8-9-29(37-6)30(17-24)39-13-7-12-36-5)18-27(32)28(34)19-26(22(3)4)31(35)33-20-23-10-14-38-15-11-23/h8-9,17,21-23,25-28,34H,7,10-16,18-20,32H2,1-6H3,(H,33,35)/t25?,26?,27-,28?/m0/s1. The zero-order valence-electron chi connectivity index (χ0n) is 25.1. The average Bonchev–Trinajstić information content (AvgIpc) is 2.92. The van der Waals surface area contributed by atoms with Crippen molar-refractivity contribution < 1.29 is 28.8 Å². The van der Waals surface area contributed by atoms with Crippen LogP contribution in [0.5, 0.6) is 11.5 Å². The van der Waals surface area contributed by atoms with Crippen LogP contribution in [0.4, 0.5) is 0 Å². The lowest BCUT2D eigenvalue weighted by atomic mass is 9.80. The maximum absolute atomic E-state index is 13.0. The Labute approximate surface area is 236 Å². The van der Waals surface area contributed by atoms with Crippen LogP contribution in [0.25, 0.3) is 0 Å². The normalized spacial score (nSPS) is 17.6. The van der Waals surface area contributed by atoms with Crippen LogP contribution >= 0.6 is 0 Å². The number of hydrogen-bond donors (Lipinski definition) is 3. The van der Waals surface area contributed by atoms with Crippen LogP contribution in [0.1, 0.15) is 65.4 Å². The Morgan fingerprint density at radius 1 is 1.08 bits per heavy atom. The van der Waals surface area contributed by atoms with Gasteiger partial charge in [0.05, 0.1) is 19.8 Å². The molecule has 3 unspecified atom stereocenters. The molecule has 0 saturated carbocycles. The van der Waals surface area contributed by atoms with Gasteiger partial charge in [-0.15, -0.1) is 0 Å². The predicted molar refractivity (Wildman–Crippen MR) is 155 cm³/mol. The highest BCUT2D eigenvalue weighted by Gasteiger charge is 2.30. The first-order valence-corrected chi connectivity index (χ1v) is 14.7. The summed E-state index contributed by atoms with van der Waals surface area (Å²) < 4.78 is 22.0. The molecule has 0 spiro atoms. The summed E-state index contributed by atoms with van der Waals surface area (Å²) in [6.07, 6.45) is 3.86. The van der Waals surface area contributed by atoms with E-state index in [1.54, 1.807) is 14.2 Å². The molecule has 4 atom stereocenters. The molecule has 1 amide bonds. The van der Waals surface area contributed by atoms with Crippen molar-refractivity contribution in [2.24, 2.45) is 35.3 Å². The van der Waals surface area contributed by atoms with E-state index in [2.05, 4.69) is 25.2 Å². The Hall–Kier alpha value is -1.87. The molecule has 224 valence electrons. The number of ether oxygens (including phenoxy) is 4. The van der Waals surface area contributed by atoms with Gasteiger partial charge < -0.3 is 35.1 Å². The van der Waals surface area contributed by atoms with E-state index in [-0.39, 0.29) is 23.7 Å². The molecule has 0 bridgehead atoms. The van der Waals surface area contributed by atoms with Crippen LogP contribution in [0.15, 0.2) is 18.2 Å². The third-order valence-electron chi connectivity index (χ3n) is 8.03. The van der Waals surface area contributed by atoms with E-state index in [4.69, 9.17) is 24.7 Å². The SMILES string of the molecule is COCCCOc1cc(CC(C[C@H](N)C(O)CC(C(=O)NCC2CCOCC2)C(C)C)C(C)C)ccc1OC. The Morgan fingerprint density at radius 2 is 1.79 bits per heavy atom.